The monoisotopic (exact) mass is 1060 g/mol. The normalized spacial score (nSPS) is 10.8. The van der Waals surface area contributed by atoms with Gasteiger partial charge in [0.2, 0.25) is 10.6 Å². The third-order valence-electron chi connectivity index (χ3n) is 7.96. The van der Waals surface area contributed by atoms with E-state index in [0.29, 0.717) is 60.0 Å². The van der Waals surface area contributed by atoms with Gasteiger partial charge in [-0.15, -0.1) is 0 Å². The summed E-state index contributed by atoms with van der Waals surface area (Å²) in [7, 11) is 1.57. The number of aromatic nitrogens is 8. The lowest BCUT2D eigenvalue weighted by molar-refractivity contribution is 0.287. The van der Waals surface area contributed by atoms with Crippen LogP contribution >= 0.6 is 80.9 Å². The standard InChI is InChI=1S/C17H18BrClN5O2P.C13H18N3O2P.C4HBrCl2N2.C4H10O.CH4/c1-24-9-10(7-21-24)11-5-6-13(15(14(11)26-2)27(3,4)25)22-16-12(18)8-20-17(19)23-16;1-16-8-9(7-15-16)10-5-6-11(14)13(12(10)18-2)19(3,4)17;5-2-1-8-4(7)9-3(2)6;1-2-3-4-5;/h5-9H,1-4H3,(H,20,22,23);5-8H,14H2,1-4H3;1H;5H,2-4H2,1H3;1H4. The van der Waals surface area contributed by atoms with Crippen molar-refractivity contribution < 1.29 is 23.7 Å². The first-order valence-electron chi connectivity index (χ1n) is 17.8. The average molecular weight is 1070 g/mol. The predicted molar refractivity (Wildman–Crippen MR) is 259 cm³/mol. The molecule has 332 valence electrons. The van der Waals surface area contributed by atoms with Gasteiger partial charge in [0.1, 0.15) is 36.8 Å². The van der Waals surface area contributed by atoms with Gasteiger partial charge in [-0.05, 0) is 112 Å². The van der Waals surface area contributed by atoms with Gasteiger partial charge >= 0.3 is 0 Å². The molecule has 0 spiro atoms. The fraction of sp³-hybridized carbons (Fsp3) is 0.333. The van der Waals surface area contributed by atoms with Crippen LogP contribution in [0.2, 0.25) is 15.7 Å². The Bertz CT molecular complexity index is 2480. The van der Waals surface area contributed by atoms with Crippen LogP contribution in [0.5, 0.6) is 11.5 Å². The molecule has 0 saturated carbocycles. The number of aryl methyl sites for hydroxylation is 2. The first-order chi connectivity index (χ1) is 28.2. The van der Waals surface area contributed by atoms with E-state index < -0.39 is 14.3 Å². The van der Waals surface area contributed by atoms with E-state index in [1.165, 1.54) is 6.20 Å². The van der Waals surface area contributed by atoms with Crippen molar-refractivity contribution in [3.63, 3.8) is 0 Å². The van der Waals surface area contributed by atoms with Gasteiger partial charge in [0.05, 0.1) is 51.9 Å². The van der Waals surface area contributed by atoms with Crippen LogP contribution in [0.1, 0.15) is 27.2 Å². The molecule has 4 aromatic heterocycles. The summed E-state index contributed by atoms with van der Waals surface area (Å²) in [6.07, 6.45) is 12.3. The number of methoxy groups -OCH3 is 2. The second-order valence-corrected chi connectivity index (χ2v) is 22.5. The second-order valence-electron chi connectivity index (χ2n) is 13.4. The summed E-state index contributed by atoms with van der Waals surface area (Å²) < 4.78 is 41.4. The van der Waals surface area contributed by atoms with Crippen molar-refractivity contribution in [1.29, 1.82) is 0 Å². The van der Waals surface area contributed by atoms with Crippen LogP contribution in [0.3, 0.4) is 0 Å². The first kappa shape index (κ1) is 53.6. The number of nitrogens with zero attached hydrogens (tertiary/aromatic N) is 8. The molecule has 15 nitrogen and oxygen atoms in total. The molecule has 0 saturated heterocycles. The average Bonchev–Trinajstić information content (AvgIpc) is 3.82. The van der Waals surface area contributed by atoms with Crippen molar-refractivity contribution in [3.8, 4) is 33.8 Å². The van der Waals surface area contributed by atoms with Crippen molar-refractivity contribution in [1.82, 2.24) is 39.5 Å². The highest BCUT2D eigenvalue weighted by atomic mass is 79.9. The molecule has 0 fully saturated rings. The number of benzene rings is 2. The Labute approximate surface area is 389 Å². The molecule has 0 aliphatic carbocycles. The van der Waals surface area contributed by atoms with E-state index in [9.17, 15) is 9.13 Å². The van der Waals surface area contributed by atoms with E-state index in [2.05, 4.69) is 74.2 Å². The lowest BCUT2D eigenvalue weighted by atomic mass is 10.1. The molecule has 22 heteroatoms. The number of ether oxygens (including phenoxy) is 2. The number of nitrogens with two attached hydrogens (primary N) is 1. The molecule has 0 bridgehead atoms. The Morgan fingerprint density at radius 2 is 1.25 bits per heavy atom. The molecule has 0 atom stereocenters. The number of aliphatic hydroxyl groups is 1. The molecule has 4 heterocycles. The number of rotatable bonds is 10. The lowest BCUT2D eigenvalue weighted by Gasteiger charge is -2.21. The molecule has 0 aliphatic heterocycles. The smallest absolute Gasteiger partial charge is 0.224 e. The molecule has 0 unspecified atom stereocenters. The molecule has 61 heavy (non-hydrogen) atoms. The minimum Gasteiger partial charge on any atom is -0.495 e. The van der Waals surface area contributed by atoms with Gasteiger partial charge in [-0.25, -0.2) is 15.0 Å². The van der Waals surface area contributed by atoms with Crippen molar-refractivity contribution >= 4 is 109 Å². The Kier molecular flexibility index (Phi) is 21.4. The molecule has 6 rings (SSSR count). The van der Waals surface area contributed by atoms with Gasteiger partial charge in [-0.1, -0.05) is 32.4 Å². The number of halogens is 5. The highest BCUT2D eigenvalue weighted by Crippen LogP contribution is 2.47. The molecule has 0 radical (unpaired) electrons. The molecular formula is C39H51Br2Cl3N10O5P2. The van der Waals surface area contributed by atoms with Crippen LogP contribution < -0.4 is 31.1 Å². The van der Waals surface area contributed by atoms with Gasteiger partial charge < -0.3 is 34.8 Å². The van der Waals surface area contributed by atoms with Crippen molar-refractivity contribution in [2.75, 3.05) is 58.5 Å². The summed E-state index contributed by atoms with van der Waals surface area (Å²) >= 11 is 23.3. The molecule has 0 aliphatic rings. The van der Waals surface area contributed by atoms with Crippen LogP contribution in [-0.4, -0.2) is 92.1 Å². The lowest BCUT2D eigenvalue weighted by Crippen LogP contribution is -2.15. The van der Waals surface area contributed by atoms with Gasteiger partial charge in [-0.3, -0.25) is 9.36 Å². The van der Waals surface area contributed by atoms with Gasteiger partial charge in [0.15, 0.2) is 0 Å². The predicted octanol–water partition coefficient (Wildman–Crippen LogP) is 10.2. The summed E-state index contributed by atoms with van der Waals surface area (Å²) in [5, 5.41) is 21.4. The van der Waals surface area contributed by atoms with Crippen LogP contribution in [0.15, 0.2) is 70.4 Å². The zero-order valence-electron chi connectivity index (χ0n) is 34.4. The second kappa shape index (κ2) is 24.4. The zero-order chi connectivity index (χ0) is 44.9. The Hall–Kier alpha value is -3.53. The van der Waals surface area contributed by atoms with Crippen molar-refractivity contribution in [2.45, 2.75) is 27.2 Å². The zero-order valence-corrected chi connectivity index (χ0v) is 41.6. The number of unbranched alkanes of at least 4 members (excludes halogenated alkanes) is 1. The van der Waals surface area contributed by atoms with Crippen LogP contribution in [-0.2, 0) is 23.2 Å². The third-order valence-corrected chi connectivity index (χ3v) is 13.1. The number of aliphatic hydroxyl groups excluding tert-OH is 1. The van der Waals surface area contributed by atoms with Gasteiger partial charge in [0, 0.05) is 73.4 Å². The summed E-state index contributed by atoms with van der Waals surface area (Å²) in [5.41, 5.74) is 10.5. The maximum Gasteiger partial charge on any atom is 0.224 e. The van der Waals surface area contributed by atoms with Gasteiger partial charge in [0.25, 0.3) is 0 Å². The maximum absolute atomic E-state index is 13.1. The van der Waals surface area contributed by atoms with Crippen LogP contribution in [0.25, 0.3) is 22.3 Å². The minimum atomic E-state index is -2.72. The van der Waals surface area contributed by atoms with E-state index in [0.717, 1.165) is 35.1 Å². The number of hydrogen-bond donors (Lipinski definition) is 3. The summed E-state index contributed by atoms with van der Waals surface area (Å²) in [6.45, 7) is 9.17. The Balaban J connectivity index is 0.000000325. The summed E-state index contributed by atoms with van der Waals surface area (Å²) in [6, 6.07) is 7.38. The Morgan fingerprint density at radius 3 is 1.64 bits per heavy atom. The van der Waals surface area contributed by atoms with E-state index in [4.69, 9.17) is 55.1 Å². The van der Waals surface area contributed by atoms with Crippen molar-refractivity contribution in [2.24, 2.45) is 14.1 Å². The minimum absolute atomic E-state index is 0. The van der Waals surface area contributed by atoms with Crippen LogP contribution in [0.4, 0.5) is 17.2 Å². The number of nitrogen functional groups attached to an aromatic ring is 1. The number of anilines is 3. The summed E-state index contributed by atoms with van der Waals surface area (Å²) in [4.78, 5) is 15.4. The highest BCUT2D eigenvalue weighted by molar-refractivity contribution is 9.11. The maximum atomic E-state index is 13.1. The third kappa shape index (κ3) is 15.4. The number of hydrogen-bond acceptors (Lipinski definition) is 13. The summed E-state index contributed by atoms with van der Waals surface area (Å²) in [5.74, 6) is 1.58. The van der Waals surface area contributed by atoms with E-state index in [1.807, 2.05) is 44.7 Å². The highest BCUT2D eigenvalue weighted by Gasteiger charge is 2.27. The first-order valence-corrected chi connectivity index (χ1v) is 25.7. The Morgan fingerprint density at radius 1 is 0.770 bits per heavy atom. The quantitative estimate of drug-likeness (QED) is 0.0508. The van der Waals surface area contributed by atoms with Gasteiger partial charge in [-0.2, -0.15) is 15.2 Å². The molecule has 2 aromatic carbocycles. The molecule has 4 N–H and O–H groups in total. The van der Waals surface area contributed by atoms with E-state index >= 15 is 0 Å². The fourth-order valence-electron chi connectivity index (χ4n) is 5.38. The van der Waals surface area contributed by atoms with Crippen molar-refractivity contribution in [3.05, 3.63) is 86.1 Å². The van der Waals surface area contributed by atoms with E-state index in [-0.39, 0.29) is 18.0 Å². The largest absolute Gasteiger partial charge is 0.495 e. The molecule has 6 aromatic rings. The molecule has 0 amide bonds. The van der Waals surface area contributed by atoms with E-state index in [1.54, 1.807) is 74.9 Å². The molecular weight excluding hydrogens is 1020 g/mol. The van der Waals surface area contributed by atoms with Crippen LogP contribution in [0, 0.1) is 0 Å². The fourth-order valence-corrected chi connectivity index (χ4v) is 9.11. The SMILES string of the molecule is C.CCCCO.COc1c(-c2cnn(C)c2)ccc(N)c1P(C)(C)=O.COc1c(-c2cnn(C)c2)ccc(Nc2nc(Cl)ncc2Br)c1P(C)(C)=O.Clc1ncc(Br)c(Cl)n1. The topological polar surface area (TPSA) is 198 Å². The number of nitrogens with one attached hydrogen (secondary N) is 1.